The molecule has 24 heavy (non-hydrogen) atoms. The second-order valence-corrected chi connectivity index (χ2v) is 5.59. The topological polar surface area (TPSA) is 53.1 Å². The fraction of sp³-hybridized carbons (Fsp3) is 0.333. The van der Waals surface area contributed by atoms with Gasteiger partial charge in [0.2, 0.25) is 5.89 Å². The zero-order valence-electron chi connectivity index (χ0n) is 14.0. The number of ether oxygens (including phenoxy) is 1. The number of halogens is 1. The van der Waals surface area contributed by atoms with Crippen LogP contribution < -0.4 is 4.74 Å². The summed E-state index contributed by atoms with van der Waals surface area (Å²) < 4.78 is 27.0. The van der Waals surface area contributed by atoms with Crippen molar-refractivity contribution in [2.75, 3.05) is 7.11 Å². The second kappa shape index (κ2) is 6.86. The molecular weight excluding hydrogens is 309 g/mol. The standard InChI is InChI=1S/C18H20FN3O2/c1-4-5-17-20-8-9-22(17)11-16-12(2)24-18(21-16)14-10-13(23-3)6-7-15(14)19/h6-10H,4-5,11H2,1-3H3. The van der Waals surface area contributed by atoms with Crippen LogP contribution in [0.1, 0.15) is 30.6 Å². The lowest BCUT2D eigenvalue weighted by Crippen LogP contribution is -2.05. The molecule has 0 fully saturated rings. The van der Waals surface area contributed by atoms with E-state index in [1.165, 1.54) is 13.2 Å². The predicted molar refractivity (Wildman–Crippen MR) is 88.5 cm³/mol. The first kappa shape index (κ1) is 16.2. The Labute approximate surface area is 140 Å². The number of imidazole rings is 1. The third-order valence-electron chi connectivity index (χ3n) is 3.89. The van der Waals surface area contributed by atoms with Gasteiger partial charge in [-0.1, -0.05) is 6.92 Å². The van der Waals surface area contributed by atoms with Crippen LogP contribution in [-0.2, 0) is 13.0 Å². The van der Waals surface area contributed by atoms with E-state index in [2.05, 4.69) is 16.9 Å². The molecule has 0 unspecified atom stereocenters. The number of hydrogen-bond donors (Lipinski definition) is 0. The fourth-order valence-electron chi connectivity index (χ4n) is 2.58. The molecule has 0 saturated carbocycles. The van der Waals surface area contributed by atoms with Crippen molar-refractivity contribution in [2.24, 2.45) is 0 Å². The normalized spacial score (nSPS) is 11.0. The van der Waals surface area contributed by atoms with Gasteiger partial charge in [-0.2, -0.15) is 0 Å². The van der Waals surface area contributed by atoms with Gasteiger partial charge in [0.25, 0.3) is 0 Å². The molecule has 6 heteroatoms. The van der Waals surface area contributed by atoms with Gasteiger partial charge in [0.05, 0.1) is 19.2 Å². The maximum atomic E-state index is 14.1. The molecular formula is C18H20FN3O2. The van der Waals surface area contributed by atoms with E-state index in [0.717, 1.165) is 24.4 Å². The number of rotatable bonds is 6. The van der Waals surface area contributed by atoms with Crippen LogP contribution in [0.15, 0.2) is 35.0 Å². The third kappa shape index (κ3) is 3.18. The van der Waals surface area contributed by atoms with Gasteiger partial charge < -0.3 is 13.7 Å². The Hall–Kier alpha value is -2.63. The van der Waals surface area contributed by atoms with Crippen LogP contribution in [0.25, 0.3) is 11.5 Å². The summed E-state index contributed by atoms with van der Waals surface area (Å²) in [5, 5.41) is 0. The lowest BCUT2D eigenvalue weighted by Gasteiger charge is -2.05. The molecule has 3 aromatic rings. The van der Waals surface area contributed by atoms with Crippen LogP contribution in [0.4, 0.5) is 4.39 Å². The summed E-state index contributed by atoms with van der Waals surface area (Å²) in [6.07, 6.45) is 5.63. The highest BCUT2D eigenvalue weighted by Crippen LogP contribution is 2.28. The van der Waals surface area contributed by atoms with E-state index in [-0.39, 0.29) is 5.89 Å². The van der Waals surface area contributed by atoms with Gasteiger partial charge in [-0.25, -0.2) is 14.4 Å². The van der Waals surface area contributed by atoms with E-state index in [1.54, 1.807) is 18.3 Å². The second-order valence-electron chi connectivity index (χ2n) is 5.59. The lowest BCUT2D eigenvalue weighted by atomic mass is 10.2. The number of aryl methyl sites for hydroxylation is 2. The Morgan fingerprint density at radius 1 is 1.33 bits per heavy atom. The van der Waals surface area contributed by atoms with E-state index < -0.39 is 5.82 Å². The average Bonchev–Trinajstić information content (AvgIpc) is 3.16. The number of aromatic nitrogens is 3. The number of nitrogens with zero attached hydrogens (tertiary/aromatic N) is 3. The van der Waals surface area contributed by atoms with Crippen LogP contribution in [-0.4, -0.2) is 21.6 Å². The first-order valence-corrected chi connectivity index (χ1v) is 7.92. The number of methoxy groups -OCH3 is 1. The summed E-state index contributed by atoms with van der Waals surface area (Å²) in [5.74, 6) is 2.11. The zero-order chi connectivity index (χ0) is 17.1. The van der Waals surface area contributed by atoms with Gasteiger partial charge in [0.1, 0.15) is 28.8 Å². The van der Waals surface area contributed by atoms with Crippen LogP contribution in [0, 0.1) is 12.7 Å². The van der Waals surface area contributed by atoms with Crippen molar-refractivity contribution in [2.45, 2.75) is 33.2 Å². The Balaban J connectivity index is 1.92. The van der Waals surface area contributed by atoms with Gasteiger partial charge in [-0.15, -0.1) is 0 Å². The third-order valence-corrected chi connectivity index (χ3v) is 3.89. The van der Waals surface area contributed by atoms with Crippen molar-refractivity contribution in [1.29, 1.82) is 0 Å². The minimum atomic E-state index is -0.391. The highest BCUT2D eigenvalue weighted by atomic mass is 19.1. The van der Waals surface area contributed by atoms with Crippen molar-refractivity contribution in [3.63, 3.8) is 0 Å². The quantitative estimate of drug-likeness (QED) is 0.686. The van der Waals surface area contributed by atoms with Crippen molar-refractivity contribution < 1.29 is 13.5 Å². The molecule has 0 N–H and O–H groups in total. The summed E-state index contributed by atoms with van der Waals surface area (Å²) in [6.45, 7) is 4.50. The lowest BCUT2D eigenvalue weighted by molar-refractivity contribution is 0.413. The highest BCUT2D eigenvalue weighted by molar-refractivity contribution is 5.57. The van der Waals surface area contributed by atoms with E-state index in [0.29, 0.717) is 23.6 Å². The molecule has 1 aromatic carbocycles. The molecule has 0 atom stereocenters. The van der Waals surface area contributed by atoms with E-state index in [4.69, 9.17) is 9.15 Å². The Kier molecular flexibility index (Phi) is 4.64. The smallest absolute Gasteiger partial charge is 0.229 e. The van der Waals surface area contributed by atoms with Crippen LogP contribution in [0.3, 0.4) is 0 Å². The highest BCUT2D eigenvalue weighted by Gasteiger charge is 2.17. The zero-order valence-corrected chi connectivity index (χ0v) is 14.0. The molecule has 5 nitrogen and oxygen atoms in total. The van der Waals surface area contributed by atoms with Crippen LogP contribution >= 0.6 is 0 Å². The van der Waals surface area contributed by atoms with Gasteiger partial charge in [-0.05, 0) is 31.5 Å². The van der Waals surface area contributed by atoms with Crippen molar-refractivity contribution in [3.8, 4) is 17.2 Å². The van der Waals surface area contributed by atoms with Crippen LogP contribution in [0.2, 0.25) is 0 Å². The van der Waals surface area contributed by atoms with E-state index in [9.17, 15) is 4.39 Å². The van der Waals surface area contributed by atoms with Gasteiger partial charge >= 0.3 is 0 Å². The van der Waals surface area contributed by atoms with Crippen molar-refractivity contribution in [3.05, 3.63) is 53.7 Å². The predicted octanol–water partition coefficient (Wildman–Crippen LogP) is 4.00. The maximum absolute atomic E-state index is 14.1. The van der Waals surface area contributed by atoms with Gasteiger partial charge in [-0.3, -0.25) is 0 Å². The van der Waals surface area contributed by atoms with E-state index >= 15 is 0 Å². The van der Waals surface area contributed by atoms with Gasteiger partial charge in [0.15, 0.2) is 0 Å². The SMILES string of the molecule is CCCc1nccn1Cc1nc(-c2cc(OC)ccc2F)oc1C. The average molecular weight is 329 g/mol. The molecule has 0 aliphatic rings. The Bertz CT molecular complexity index is 839. The Morgan fingerprint density at radius 2 is 2.17 bits per heavy atom. The summed E-state index contributed by atoms with van der Waals surface area (Å²) in [4.78, 5) is 8.84. The van der Waals surface area contributed by atoms with Gasteiger partial charge in [0, 0.05) is 18.8 Å². The first-order chi connectivity index (χ1) is 11.6. The summed E-state index contributed by atoms with van der Waals surface area (Å²) in [5.41, 5.74) is 1.06. The molecule has 126 valence electrons. The largest absolute Gasteiger partial charge is 0.497 e. The maximum Gasteiger partial charge on any atom is 0.229 e. The molecule has 0 radical (unpaired) electrons. The summed E-state index contributed by atoms with van der Waals surface area (Å²) >= 11 is 0. The Morgan fingerprint density at radius 3 is 2.92 bits per heavy atom. The molecule has 0 bridgehead atoms. The summed E-state index contributed by atoms with van der Waals surface area (Å²) in [7, 11) is 1.54. The summed E-state index contributed by atoms with van der Waals surface area (Å²) in [6, 6.07) is 4.50. The van der Waals surface area contributed by atoms with Crippen LogP contribution in [0.5, 0.6) is 5.75 Å². The molecule has 0 saturated heterocycles. The van der Waals surface area contributed by atoms with E-state index in [1.807, 2.05) is 17.7 Å². The van der Waals surface area contributed by atoms with Crippen molar-refractivity contribution >= 4 is 0 Å². The molecule has 2 aromatic heterocycles. The molecule has 0 spiro atoms. The molecule has 0 aliphatic carbocycles. The molecule has 0 aliphatic heterocycles. The minimum absolute atomic E-state index is 0.260. The van der Waals surface area contributed by atoms with Crippen molar-refractivity contribution in [1.82, 2.24) is 14.5 Å². The number of benzene rings is 1. The minimum Gasteiger partial charge on any atom is -0.497 e. The molecule has 2 heterocycles. The fourth-order valence-corrected chi connectivity index (χ4v) is 2.58. The molecule has 3 rings (SSSR count). The monoisotopic (exact) mass is 329 g/mol. The number of oxazole rings is 1. The molecule has 0 amide bonds. The first-order valence-electron chi connectivity index (χ1n) is 7.92. The number of hydrogen-bond acceptors (Lipinski definition) is 4.